The van der Waals surface area contributed by atoms with Gasteiger partial charge in [-0.3, -0.25) is 9.78 Å². The Morgan fingerprint density at radius 3 is 2.68 bits per heavy atom. The molecule has 4 atom stereocenters. The highest BCUT2D eigenvalue weighted by molar-refractivity contribution is 7.21. The minimum Gasteiger partial charge on any atom is -0.390 e. The van der Waals surface area contributed by atoms with Crippen molar-refractivity contribution in [1.29, 1.82) is 0 Å². The summed E-state index contributed by atoms with van der Waals surface area (Å²) in [6.45, 7) is 3.76. The van der Waals surface area contributed by atoms with Crippen LogP contribution in [-0.4, -0.2) is 85.5 Å². The van der Waals surface area contributed by atoms with Crippen LogP contribution in [0.15, 0.2) is 12.3 Å². The number of nitrogens with one attached hydrogen (secondary N) is 1. The van der Waals surface area contributed by atoms with Crippen molar-refractivity contribution in [3.8, 4) is 10.6 Å². The number of rotatable bonds is 5. The van der Waals surface area contributed by atoms with Crippen LogP contribution in [0.5, 0.6) is 0 Å². The summed E-state index contributed by atoms with van der Waals surface area (Å²) in [4.78, 5) is 33.0. The third-order valence-electron chi connectivity index (χ3n) is 7.27. The van der Waals surface area contributed by atoms with E-state index in [4.69, 9.17) is 15.5 Å². The van der Waals surface area contributed by atoms with Gasteiger partial charge in [0.25, 0.3) is 0 Å². The molecule has 3 fully saturated rings. The van der Waals surface area contributed by atoms with Crippen molar-refractivity contribution in [2.75, 3.05) is 37.4 Å². The van der Waals surface area contributed by atoms with Crippen LogP contribution in [0.3, 0.4) is 0 Å². The van der Waals surface area contributed by atoms with E-state index in [1.54, 1.807) is 4.90 Å². The van der Waals surface area contributed by atoms with Crippen molar-refractivity contribution in [3.05, 3.63) is 23.7 Å². The molecule has 1 saturated heterocycles. The van der Waals surface area contributed by atoms with Gasteiger partial charge >= 0.3 is 0 Å². The van der Waals surface area contributed by atoms with Gasteiger partial charge < -0.3 is 30.9 Å². The minimum atomic E-state index is -1.18. The first kappa shape index (κ1) is 26.0. The van der Waals surface area contributed by atoms with E-state index < -0.39 is 24.2 Å². The second-order valence-electron chi connectivity index (χ2n) is 9.74. The highest BCUT2D eigenvalue weighted by Crippen LogP contribution is 2.44. The predicted octanol–water partition coefficient (Wildman–Crippen LogP) is 1.72. The molecule has 0 radical (unpaired) electrons. The summed E-state index contributed by atoms with van der Waals surface area (Å²) in [5.74, 6) is 0.0962. The number of nitrogen functional groups attached to an aromatic ring is 1. The molecule has 2 aliphatic carbocycles. The number of fused-ring (bicyclic) bond motifs is 1. The van der Waals surface area contributed by atoms with Crippen LogP contribution in [0.1, 0.15) is 36.6 Å². The molecule has 1 aliphatic heterocycles. The number of thiazole rings is 1. The van der Waals surface area contributed by atoms with Gasteiger partial charge in [0.05, 0.1) is 52.9 Å². The number of aromatic nitrogens is 4. The molecule has 0 spiro atoms. The van der Waals surface area contributed by atoms with Crippen molar-refractivity contribution in [2.24, 2.45) is 5.92 Å². The van der Waals surface area contributed by atoms with E-state index in [9.17, 15) is 15.0 Å². The number of nitrogens with two attached hydrogens (primary N) is 1. The Morgan fingerprint density at radius 2 is 1.95 bits per heavy atom. The Bertz CT molecular complexity index is 1310. The number of carbonyl (C=O) groups excluding carboxylic acids is 1. The van der Waals surface area contributed by atoms with Crippen LogP contribution in [0.25, 0.3) is 20.8 Å². The van der Waals surface area contributed by atoms with Gasteiger partial charge in [-0.25, -0.2) is 9.97 Å². The first-order valence-corrected chi connectivity index (χ1v) is 13.1. The predicted molar refractivity (Wildman–Crippen MR) is 142 cm³/mol. The van der Waals surface area contributed by atoms with E-state index >= 15 is 0 Å². The molecule has 0 bridgehead atoms. The summed E-state index contributed by atoms with van der Waals surface area (Å²) < 4.78 is 6.37. The van der Waals surface area contributed by atoms with Crippen LogP contribution in [0, 0.1) is 12.8 Å². The number of hydrogen-bond acceptors (Lipinski definition) is 11. The molecule has 5 N–H and O–H groups in total. The number of aliphatic hydroxyl groups excluding tert-OH is 2. The average molecular weight is 548 g/mol. The molecule has 3 aromatic rings. The third-order valence-corrected chi connectivity index (χ3v) is 8.30. The lowest BCUT2D eigenvalue weighted by molar-refractivity contribution is -0.143. The Balaban J connectivity index is 0.00000280. The van der Waals surface area contributed by atoms with Gasteiger partial charge in [-0.2, -0.15) is 4.98 Å². The molecular weight excluding hydrogens is 518 g/mol. The van der Waals surface area contributed by atoms with Crippen LogP contribution < -0.4 is 11.1 Å². The van der Waals surface area contributed by atoms with Crippen LogP contribution in [-0.2, 0) is 9.53 Å². The first-order chi connectivity index (χ1) is 17.4. The Hall–Kier alpha value is -2.64. The average Bonchev–Trinajstić information content (AvgIpc) is 3.57. The summed E-state index contributed by atoms with van der Waals surface area (Å²) in [6.07, 6.45) is 2.01. The highest BCUT2D eigenvalue weighted by Gasteiger charge is 2.47. The number of ether oxygens (including phenoxy) is 1. The maximum atomic E-state index is 13.1. The molecule has 0 aromatic carbocycles. The lowest BCUT2D eigenvalue weighted by atomic mass is 10.0. The van der Waals surface area contributed by atoms with Gasteiger partial charge in [-0.1, -0.05) is 0 Å². The van der Waals surface area contributed by atoms with Gasteiger partial charge in [-0.05, 0) is 32.3 Å². The van der Waals surface area contributed by atoms with Crippen LogP contribution in [0.4, 0.5) is 11.8 Å². The number of aryl methyl sites for hydroxylation is 1. The molecule has 3 aromatic heterocycles. The Labute approximate surface area is 223 Å². The Kier molecular flexibility index (Phi) is 7.20. The third kappa shape index (κ3) is 4.84. The van der Waals surface area contributed by atoms with Gasteiger partial charge in [0, 0.05) is 25.2 Å². The summed E-state index contributed by atoms with van der Waals surface area (Å²) in [5.41, 5.74) is 9.26. The highest BCUT2D eigenvalue weighted by atomic mass is 35.5. The second-order valence-corrected chi connectivity index (χ2v) is 10.8. The molecule has 1 amide bonds. The van der Waals surface area contributed by atoms with E-state index in [0.717, 1.165) is 33.8 Å². The number of nitrogens with zero attached hydrogens (tertiary/aromatic N) is 5. The first-order valence-electron chi connectivity index (χ1n) is 12.3. The minimum absolute atomic E-state index is 0. The van der Waals surface area contributed by atoms with Crippen molar-refractivity contribution in [2.45, 2.75) is 50.4 Å². The van der Waals surface area contributed by atoms with E-state index in [2.05, 4.69) is 20.3 Å². The molecule has 6 rings (SSSR count). The zero-order chi connectivity index (χ0) is 25.0. The van der Waals surface area contributed by atoms with Crippen LogP contribution >= 0.6 is 23.7 Å². The smallest absolute Gasteiger partial charge is 0.228 e. The van der Waals surface area contributed by atoms with Gasteiger partial charge in [0.2, 0.25) is 11.9 Å². The van der Waals surface area contributed by atoms with E-state index in [-0.39, 0.29) is 30.7 Å². The van der Waals surface area contributed by atoms with Crippen molar-refractivity contribution >= 4 is 51.6 Å². The largest absolute Gasteiger partial charge is 0.390 e. The Morgan fingerprint density at radius 1 is 1.19 bits per heavy atom. The molecule has 4 heterocycles. The molecule has 0 unspecified atom stereocenters. The van der Waals surface area contributed by atoms with E-state index in [1.165, 1.54) is 11.3 Å². The van der Waals surface area contributed by atoms with Gasteiger partial charge in [-0.15, -0.1) is 23.7 Å². The van der Waals surface area contributed by atoms with Gasteiger partial charge in [0.15, 0.2) is 0 Å². The van der Waals surface area contributed by atoms with E-state index in [0.29, 0.717) is 49.3 Å². The SMILES string of the molecule is Cc1nc(N)nc(N[C@@H]2C[C@H](C(=O)N3CCOCC3)[C@@H](O)[C@H]2O)c1-c1nc2c(C3CC3)nccc2s1.Cl. The van der Waals surface area contributed by atoms with Gasteiger partial charge in [0.1, 0.15) is 22.4 Å². The van der Waals surface area contributed by atoms with Crippen LogP contribution in [0.2, 0.25) is 0 Å². The number of carbonyl (C=O) groups is 1. The number of morpholine rings is 1. The van der Waals surface area contributed by atoms with Crippen molar-refractivity contribution < 1.29 is 19.7 Å². The molecule has 198 valence electrons. The summed E-state index contributed by atoms with van der Waals surface area (Å²) in [5, 5.41) is 25.6. The second kappa shape index (κ2) is 10.3. The standard InChI is InChI=1S/C24H29N7O4S.ClH/c1-11-16(22-29-18-15(36-22)4-5-26-17(18)12-2-3-12)21(30-24(25)27-11)28-14-10-13(19(32)20(14)33)23(34)31-6-8-35-9-7-31;/h4-5,12-14,19-20,32-33H,2-3,6-10H2,1H3,(H3,25,27,28,30);1H/t13-,14+,19+,20-;/m0./s1. The molecule has 2 saturated carbocycles. The lowest BCUT2D eigenvalue weighted by Gasteiger charge is -2.30. The maximum absolute atomic E-state index is 13.1. The normalized spacial score (nSPS) is 25.8. The maximum Gasteiger partial charge on any atom is 0.228 e. The quantitative estimate of drug-likeness (QED) is 0.370. The fourth-order valence-electron chi connectivity index (χ4n) is 5.21. The summed E-state index contributed by atoms with van der Waals surface area (Å²) >= 11 is 1.53. The monoisotopic (exact) mass is 547 g/mol. The lowest BCUT2D eigenvalue weighted by Crippen LogP contribution is -2.46. The number of pyridine rings is 1. The number of aliphatic hydroxyl groups is 2. The number of anilines is 2. The summed E-state index contributed by atoms with van der Waals surface area (Å²) in [7, 11) is 0. The topological polar surface area (TPSA) is 160 Å². The number of hydrogen-bond donors (Lipinski definition) is 4. The number of amides is 1. The molecule has 3 aliphatic rings. The molecule has 13 heteroatoms. The molecule has 11 nitrogen and oxygen atoms in total. The van der Waals surface area contributed by atoms with Crippen molar-refractivity contribution in [1.82, 2.24) is 24.8 Å². The van der Waals surface area contributed by atoms with E-state index in [1.807, 2.05) is 19.2 Å². The fraction of sp³-hybridized carbons (Fsp3) is 0.542. The fourth-order valence-corrected chi connectivity index (χ4v) is 6.27. The zero-order valence-electron chi connectivity index (χ0n) is 20.3. The molecule has 37 heavy (non-hydrogen) atoms. The zero-order valence-corrected chi connectivity index (χ0v) is 22.0. The number of halogens is 1. The summed E-state index contributed by atoms with van der Waals surface area (Å²) in [6, 6.07) is 1.36. The van der Waals surface area contributed by atoms with Crippen molar-refractivity contribution in [3.63, 3.8) is 0 Å². The molecular formula is C24H30ClN7O4S.